The van der Waals surface area contributed by atoms with Crippen LogP contribution in [0.2, 0.25) is 0 Å². The van der Waals surface area contributed by atoms with Crippen LogP contribution in [0.4, 0.5) is 11.4 Å². The molecule has 0 aliphatic carbocycles. The zero-order valence-corrected chi connectivity index (χ0v) is 20.2. The lowest BCUT2D eigenvalue weighted by Crippen LogP contribution is -2.49. The van der Waals surface area contributed by atoms with Gasteiger partial charge in [0.2, 0.25) is 11.8 Å². The van der Waals surface area contributed by atoms with Crippen LogP contribution in [-0.2, 0) is 19.4 Å². The topological polar surface area (TPSA) is 96.0 Å². The summed E-state index contributed by atoms with van der Waals surface area (Å²) in [4.78, 5) is 29.4. The first-order chi connectivity index (χ1) is 15.8. The van der Waals surface area contributed by atoms with E-state index in [1.54, 1.807) is 31.1 Å². The molecule has 176 valence electrons. The number of anilines is 2. The summed E-state index contributed by atoms with van der Waals surface area (Å²) in [6, 6.07) is 12.5. The highest BCUT2D eigenvalue weighted by Gasteiger charge is 2.30. The number of methoxy groups -OCH3 is 1. The molecule has 0 radical (unpaired) electrons. The summed E-state index contributed by atoms with van der Waals surface area (Å²) in [5.41, 5.74) is 1.57. The maximum absolute atomic E-state index is 13.1. The van der Waals surface area contributed by atoms with Gasteiger partial charge in [-0.15, -0.1) is 11.8 Å². The van der Waals surface area contributed by atoms with Crippen LogP contribution >= 0.6 is 11.8 Å². The monoisotopic (exact) mass is 489 g/mol. The van der Waals surface area contributed by atoms with Crippen molar-refractivity contribution in [2.75, 3.05) is 49.3 Å². The van der Waals surface area contributed by atoms with Crippen LogP contribution in [-0.4, -0.2) is 69.4 Å². The number of benzene rings is 2. The second-order valence-corrected chi connectivity index (χ2v) is 11.5. The van der Waals surface area contributed by atoms with Crippen molar-refractivity contribution < 1.29 is 22.7 Å². The standard InChI is InChI=1S/C23H27N3O5S2/c1-16(33(29,30)19-7-8-21-20(14-19)24-22(27)15-32-21)13-23(28)26-11-9-25(10-12-26)17-3-5-18(31-2)6-4-17/h3-8,14,16H,9-13,15H2,1-2H3,(H,24,27). The van der Waals surface area contributed by atoms with Crippen LogP contribution < -0.4 is 15.0 Å². The molecule has 1 fully saturated rings. The number of thioether (sulfide) groups is 1. The molecule has 1 N–H and O–H groups in total. The van der Waals surface area contributed by atoms with E-state index >= 15 is 0 Å². The molecule has 2 amide bonds. The number of sulfone groups is 1. The minimum atomic E-state index is -3.71. The van der Waals surface area contributed by atoms with Crippen LogP contribution in [0.15, 0.2) is 52.3 Å². The van der Waals surface area contributed by atoms with Crippen molar-refractivity contribution in [1.29, 1.82) is 0 Å². The van der Waals surface area contributed by atoms with Crippen molar-refractivity contribution in [2.24, 2.45) is 0 Å². The van der Waals surface area contributed by atoms with E-state index in [0.29, 0.717) is 37.6 Å². The summed E-state index contributed by atoms with van der Waals surface area (Å²) < 4.78 is 31.4. The maximum atomic E-state index is 13.1. The Morgan fingerprint density at radius 2 is 1.82 bits per heavy atom. The normalized spacial score (nSPS) is 17.2. The Balaban J connectivity index is 1.36. The van der Waals surface area contributed by atoms with Gasteiger partial charge in [-0.3, -0.25) is 9.59 Å². The molecule has 8 nitrogen and oxygen atoms in total. The first-order valence-electron chi connectivity index (χ1n) is 10.8. The molecule has 0 saturated carbocycles. The summed E-state index contributed by atoms with van der Waals surface area (Å²) in [5, 5.41) is 1.85. The van der Waals surface area contributed by atoms with Crippen LogP contribution in [0.25, 0.3) is 0 Å². The molecule has 0 aromatic heterocycles. The van der Waals surface area contributed by atoms with Gasteiger partial charge in [0.15, 0.2) is 9.84 Å². The maximum Gasteiger partial charge on any atom is 0.234 e. The number of amides is 2. The van der Waals surface area contributed by atoms with Gasteiger partial charge in [-0.05, 0) is 49.4 Å². The fourth-order valence-corrected chi connectivity index (χ4v) is 6.12. The molecule has 2 aromatic carbocycles. The fraction of sp³-hybridized carbons (Fsp3) is 0.391. The fourth-order valence-electron chi connectivity index (χ4n) is 3.96. The van der Waals surface area contributed by atoms with Crippen molar-refractivity contribution in [1.82, 2.24) is 4.90 Å². The van der Waals surface area contributed by atoms with Crippen molar-refractivity contribution in [2.45, 2.75) is 28.4 Å². The zero-order chi connectivity index (χ0) is 23.6. The molecular weight excluding hydrogens is 462 g/mol. The molecule has 0 bridgehead atoms. The number of hydrogen-bond acceptors (Lipinski definition) is 7. The van der Waals surface area contributed by atoms with Crippen LogP contribution in [0, 0.1) is 0 Å². The van der Waals surface area contributed by atoms with Crippen LogP contribution in [0.3, 0.4) is 0 Å². The number of nitrogens with zero attached hydrogens (tertiary/aromatic N) is 2. The number of carbonyl (C=O) groups excluding carboxylic acids is 2. The van der Waals surface area contributed by atoms with E-state index in [1.807, 2.05) is 24.3 Å². The first-order valence-corrected chi connectivity index (χ1v) is 13.3. The van der Waals surface area contributed by atoms with Gasteiger partial charge in [0.25, 0.3) is 0 Å². The number of fused-ring (bicyclic) bond motifs is 1. The summed E-state index contributed by atoms with van der Waals surface area (Å²) in [5.74, 6) is 0.791. The smallest absolute Gasteiger partial charge is 0.234 e. The molecular formula is C23H27N3O5S2. The molecule has 0 spiro atoms. The van der Waals surface area contributed by atoms with E-state index in [1.165, 1.54) is 17.8 Å². The Morgan fingerprint density at radius 3 is 2.48 bits per heavy atom. The van der Waals surface area contributed by atoms with E-state index in [0.717, 1.165) is 16.3 Å². The predicted octanol–water partition coefficient (Wildman–Crippen LogP) is 2.64. The Kier molecular flexibility index (Phi) is 6.85. The van der Waals surface area contributed by atoms with Crippen molar-refractivity contribution >= 4 is 44.8 Å². The number of carbonyl (C=O) groups is 2. The average molecular weight is 490 g/mol. The quantitative estimate of drug-likeness (QED) is 0.666. The van der Waals surface area contributed by atoms with E-state index in [9.17, 15) is 18.0 Å². The molecule has 2 aliphatic rings. The molecule has 1 unspecified atom stereocenters. The highest BCUT2D eigenvalue weighted by Crippen LogP contribution is 2.34. The van der Waals surface area contributed by atoms with Gasteiger partial charge in [-0.25, -0.2) is 8.42 Å². The minimum Gasteiger partial charge on any atom is -0.497 e. The van der Waals surface area contributed by atoms with Crippen LogP contribution in [0.1, 0.15) is 13.3 Å². The molecule has 1 saturated heterocycles. The molecule has 10 heteroatoms. The number of hydrogen-bond donors (Lipinski definition) is 1. The number of ether oxygens (including phenoxy) is 1. The van der Waals surface area contributed by atoms with E-state index in [-0.39, 0.29) is 23.1 Å². The van der Waals surface area contributed by atoms with Gasteiger partial charge in [0, 0.05) is 43.2 Å². The van der Waals surface area contributed by atoms with Gasteiger partial charge < -0.3 is 19.9 Å². The zero-order valence-electron chi connectivity index (χ0n) is 18.6. The molecule has 2 aliphatic heterocycles. The Morgan fingerprint density at radius 1 is 1.12 bits per heavy atom. The average Bonchev–Trinajstić information content (AvgIpc) is 2.83. The van der Waals surface area contributed by atoms with E-state index in [4.69, 9.17) is 4.74 Å². The summed E-state index contributed by atoms with van der Waals surface area (Å²) in [6.07, 6.45) is -0.0803. The first kappa shape index (κ1) is 23.4. The van der Waals surface area contributed by atoms with Gasteiger partial charge in [-0.1, -0.05) is 0 Å². The van der Waals surface area contributed by atoms with Gasteiger partial charge in [0.05, 0.1) is 28.7 Å². The third-order valence-electron chi connectivity index (χ3n) is 5.97. The molecule has 1 atom stereocenters. The predicted molar refractivity (Wildman–Crippen MR) is 129 cm³/mol. The van der Waals surface area contributed by atoms with Gasteiger partial charge in [-0.2, -0.15) is 0 Å². The summed E-state index contributed by atoms with van der Waals surface area (Å²) >= 11 is 1.38. The Bertz CT molecular complexity index is 1140. The number of piperazine rings is 1. The minimum absolute atomic E-state index is 0.0803. The molecule has 33 heavy (non-hydrogen) atoms. The van der Waals surface area contributed by atoms with Crippen molar-refractivity contribution in [3.8, 4) is 5.75 Å². The number of rotatable bonds is 6. The second-order valence-electron chi connectivity index (χ2n) is 8.12. The summed E-state index contributed by atoms with van der Waals surface area (Å²) in [7, 11) is -2.09. The Labute approximate surface area is 198 Å². The molecule has 2 aromatic rings. The molecule has 4 rings (SSSR count). The highest BCUT2D eigenvalue weighted by atomic mass is 32.2. The Hall–Kier alpha value is -2.72. The number of nitrogens with one attached hydrogen (secondary N) is 1. The third-order valence-corrected chi connectivity index (χ3v) is 9.18. The highest BCUT2D eigenvalue weighted by molar-refractivity contribution is 8.00. The largest absolute Gasteiger partial charge is 0.497 e. The van der Waals surface area contributed by atoms with E-state index in [2.05, 4.69) is 10.2 Å². The third kappa shape index (κ3) is 5.11. The van der Waals surface area contributed by atoms with Gasteiger partial charge in [0.1, 0.15) is 5.75 Å². The van der Waals surface area contributed by atoms with Crippen molar-refractivity contribution in [3.05, 3.63) is 42.5 Å². The lowest BCUT2D eigenvalue weighted by Gasteiger charge is -2.36. The molecule has 2 heterocycles. The second kappa shape index (κ2) is 9.64. The van der Waals surface area contributed by atoms with E-state index < -0.39 is 15.1 Å². The van der Waals surface area contributed by atoms with Crippen molar-refractivity contribution in [3.63, 3.8) is 0 Å². The lowest BCUT2D eigenvalue weighted by atomic mass is 10.2. The van der Waals surface area contributed by atoms with Crippen LogP contribution in [0.5, 0.6) is 5.75 Å². The van der Waals surface area contributed by atoms with Gasteiger partial charge >= 0.3 is 0 Å². The lowest BCUT2D eigenvalue weighted by molar-refractivity contribution is -0.131. The summed E-state index contributed by atoms with van der Waals surface area (Å²) in [6.45, 7) is 4.01. The SMILES string of the molecule is COc1ccc(N2CCN(C(=O)CC(C)S(=O)(=O)c3ccc4c(c3)NC(=O)CS4)CC2)cc1.